The third-order valence-corrected chi connectivity index (χ3v) is 5.93. The standard InChI is InChI=1S/C20H30N2O2/c1-24-18-9-5-7-16(13-18)20(10-2-3-11-20)14-22-19(23)15-6-4-8-17(21)12-15/h5,7,9,13,15,17H,2-4,6,8,10-12,14,21H2,1H3,(H,22,23). The molecule has 2 aliphatic rings. The average Bonchev–Trinajstić information content (AvgIpc) is 3.10. The van der Waals surface area contributed by atoms with Gasteiger partial charge in [0.15, 0.2) is 0 Å². The molecule has 4 nitrogen and oxygen atoms in total. The van der Waals surface area contributed by atoms with Crippen LogP contribution in [0.15, 0.2) is 24.3 Å². The summed E-state index contributed by atoms with van der Waals surface area (Å²) >= 11 is 0. The summed E-state index contributed by atoms with van der Waals surface area (Å²) < 4.78 is 5.39. The lowest BCUT2D eigenvalue weighted by atomic mass is 9.78. The van der Waals surface area contributed by atoms with Gasteiger partial charge in [0.25, 0.3) is 0 Å². The fourth-order valence-corrected chi connectivity index (χ4v) is 4.44. The number of nitrogens with one attached hydrogen (secondary N) is 1. The number of hydrogen-bond donors (Lipinski definition) is 2. The Labute approximate surface area is 145 Å². The smallest absolute Gasteiger partial charge is 0.223 e. The van der Waals surface area contributed by atoms with Crippen molar-refractivity contribution in [1.82, 2.24) is 5.32 Å². The van der Waals surface area contributed by atoms with Crippen LogP contribution in [0.5, 0.6) is 5.75 Å². The molecule has 0 aliphatic heterocycles. The number of methoxy groups -OCH3 is 1. The van der Waals surface area contributed by atoms with Gasteiger partial charge in [0.05, 0.1) is 7.11 Å². The molecular weight excluding hydrogens is 300 g/mol. The normalized spacial score (nSPS) is 26.1. The first-order valence-electron chi connectivity index (χ1n) is 9.31. The van der Waals surface area contributed by atoms with E-state index < -0.39 is 0 Å². The average molecular weight is 330 g/mol. The van der Waals surface area contributed by atoms with E-state index in [1.54, 1.807) is 7.11 Å². The predicted octanol–water partition coefficient (Wildman–Crippen LogP) is 3.14. The first-order valence-corrected chi connectivity index (χ1v) is 9.31. The molecule has 0 aromatic heterocycles. The minimum Gasteiger partial charge on any atom is -0.497 e. The maximum absolute atomic E-state index is 12.6. The van der Waals surface area contributed by atoms with Crippen molar-refractivity contribution in [2.45, 2.75) is 62.8 Å². The minimum atomic E-state index is 0.0565. The van der Waals surface area contributed by atoms with Gasteiger partial charge in [-0.05, 0) is 49.8 Å². The molecule has 2 unspecified atom stereocenters. The van der Waals surface area contributed by atoms with Gasteiger partial charge in [-0.15, -0.1) is 0 Å². The number of nitrogens with two attached hydrogens (primary N) is 1. The third-order valence-electron chi connectivity index (χ3n) is 5.93. The molecule has 4 heteroatoms. The number of ether oxygens (including phenoxy) is 1. The number of rotatable bonds is 5. The molecular formula is C20H30N2O2. The van der Waals surface area contributed by atoms with E-state index in [1.807, 2.05) is 6.07 Å². The van der Waals surface area contributed by atoms with Crippen LogP contribution < -0.4 is 15.8 Å². The van der Waals surface area contributed by atoms with Crippen molar-refractivity contribution >= 4 is 5.91 Å². The largest absolute Gasteiger partial charge is 0.497 e. The van der Waals surface area contributed by atoms with Gasteiger partial charge >= 0.3 is 0 Å². The number of hydrogen-bond acceptors (Lipinski definition) is 3. The topological polar surface area (TPSA) is 64.3 Å². The van der Waals surface area contributed by atoms with Gasteiger partial charge in [0.1, 0.15) is 5.75 Å². The van der Waals surface area contributed by atoms with Crippen molar-refractivity contribution in [3.05, 3.63) is 29.8 Å². The van der Waals surface area contributed by atoms with Crippen LogP contribution in [-0.2, 0) is 10.2 Å². The summed E-state index contributed by atoms with van der Waals surface area (Å²) in [6.45, 7) is 0.727. The zero-order chi connectivity index (χ0) is 17.0. The molecule has 1 amide bonds. The molecule has 0 radical (unpaired) electrons. The molecule has 1 aromatic rings. The Balaban J connectivity index is 1.68. The van der Waals surface area contributed by atoms with Gasteiger partial charge in [-0.1, -0.05) is 31.4 Å². The highest BCUT2D eigenvalue weighted by atomic mass is 16.5. The molecule has 2 atom stereocenters. The summed E-state index contributed by atoms with van der Waals surface area (Å²) in [6.07, 6.45) is 8.64. The zero-order valence-corrected chi connectivity index (χ0v) is 14.7. The summed E-state index contributed by atoms with van der Waals surface area (Å²) in [4.78, 5) is 12.6. The molecule has 2 saturated carbocycles. The van der Waals surface area contributed by atoms with Crippen LogP contribution in [0.3, 0.4) is 0 Å². The SMILES string of the molecule is COc1cccc(C2(CNC(=O)C3CCCC(N)C3)CCCC2)c1. The second kappa shape index (κ2) is 7.56. The summed E-state index contributed by atoms with van der Waals surface area (Å²) in [5, 5.41) is 3.26. The fourth-order valence-electron chi connectivity index (χ4n) is 4.44. The first kappa shape index (κ1) is 17.3. The molecule has 2 aliphatic carbocycles. The van der Waals surface area contributed by atoms with Crippen LogP contribution in [0, 0.1) is 5.92 Å². The maximum Gasteiger partial charge on any atom is 0.223 e. The Morgan fingerprint density at radius 1 is 1.29 bits per heavy atom. The summed E-state index contributed by atoms with van der Waals surface area (Å²) in [5.41, 5.74) is 7.38. The van der Waals surface area contributed by atoms with Crippen LogP contribution >= 0.6 is 0 Å². The van der Waals surface area contributed by atoms with Crippen LogP contribution in [0.25, 0.3) is 0 Å². The van der Waals surface area contributed by atoms with Crippen molar-refractivity contribution in [3.63, 3.8) is 0 Å². The molecule has 0 spiro atoms. The highest BCUT2D eigenvalue weighted by Crippen LogP contribution is 2.41. The molecule has 132 valence electrons. The molecule has 2 fully saturated rings. The van der Waals surface area contributed by atoms with Crippen molar-refractivity contribution in [2.24, 2.45) is 11.7 Å². The molecule has 0 saturated heterocycles. The minimum absolute atomic E-state index is 0.0565. The van der Waals surface area contributed by atoms with E-state index in [0.717, 1.165) is 50.8 Å². The second-order valence-corrected chi connectivity index (χ2v) is 7.56. The lowest BCUT2D eigenvalue weighted by molar-refractivity contribution is -0.126. The van der Waals surface area contributed by atoms with Gasteiger partial charge in [-0.2, -0.15) is 0 Å². The van der Waals surface area contributed by atoms with Crippen LogP contribution in [0.2, 0.25) is 0 Å². The Bertz CT molecular complexity index is 567. The number of carbonyl (C=O) groups is 1. The van der Waals surface area contributed by atoms with Crippen LogP contribution in [-0.4, -0.2) is 25.6 Å². The van der Waals surface area contributed by atoms with E-state index in [4.69, 9.17) is 10.5 Å². The zero-order valence-electron chi connectivity index (χ0n) is 14.7. The van der Waals surface area contributed by atoms with Crippen molar-refractivity contribution in [2.75, 3.05) is 13.7 Å². The quantitative estimate of drug-likeness (QED) is 0.872. The number of benzene rings is 1. The van der Waals surface area contributed by atoms with Gasteiger partial charge < -0.3 is 15.8 Å². The highest BCUT2D eigenvalue weighted by molar-refractivity contribution is 5.79. The number of carbonyl (C=O) groups excluding carboxylic acids is 1. The van der Waals surface area contributed by atoms with Gasteiger partial charge in [-0.25, -0.2) is 0 Å². The van der Waals surface area contributed by atoms with Crippen molar-refractivity contribution in [1.29, 1.82) is 0 Å². The highest BCUT2D eigenvalue weighted by Gasteiger charge is 2.37. The van der Waals surface area contributed by atoms with Crippen LogP contribution in [0.4, 0.5) is 0 Å². The van der Waals surface area contributed by atoms with E-state index in [2.05, 4.69) is 23.5 Å². The Morgan fingerprint density at radius 3 is 2.79 bits per heavy atom. The molecule has 0 heterocycles. The molecule has 3 rings (SSSR count). The summed E-state index contributed by atoms with van der Waals surface area (Å²) in [7, 11) is 1.70. The lowest BCUT2D eigenvalue weighted by Gasteiger charge is -2.32. The van der Waals surface area contributed by atoms with Gasteiger partial charge in [0.2, 0.25) is 5.91 Å². The van der Waals surface area contributed by atoms with Crippen molar-refractivity contribution in [3.8, 4) is 5.75 Å². The van der Waals surface area contributed by atoms with Gasteiger partial charge in [-0.3, -0.25) is 4.79 Å². The van der Waals surface area contributed by atoms with E-state index >= 15 is 0 Å². The van der Waals surface area contributed by atoms with Crippen LogP contribution in [0.1, 0.15) is 56.9 Å². The predicted molar refractivity (Wildman–Crippen MR) is 96.1 cm³/mol. The monoisotopic (exact) mass is 330 g/mol. The Hall–Kier alpha value is -1.55. The molecule has 3 N–H and O–H groups in total. The van der Waals surface area contributed by atoms with E-state index in [9.17, 15) is 4.79 Å². The molecule has 24 heavy (non-hydrogen) atoms. The molecule has 1 aromatic carbocycles. The maximum atomic E-state index is 12.6. The van der Waals surface area contributed by atoms with E-state index in [-0.39, 0.29) is 23.3 Å². The lowest BCUT2D eigenvalue weighted by Crippen LogP contribution is -2.43. The second-order valence-electron chi connectivity index (χ2n) is 7.56. The third kappa shape index (κ3) is 3.75. The Kier molecular flexibility index (Phi) is 5.44. The summed E-state index contributed by atoms with van der Waals surface area (Å²) in [5.74, 6) is 1.18. The van der Waals surface area contributed by atoms with E-state index in [1.165, 1.54) is 18.4 Å². The van der Waals surface area contributed by atoms with E-state index in [0.29, 0.717) is 0 Å². The first-order chi connectivity index (χ1) is 11.6. The molecule has 0 bridgehead atoms. The van der Waals surface area contributed by atoms with Crippen molar-refractivity contribution < 1.29 is 9.53 Å². The number of amides is 1. The summed E-state index contributed by atoms with van der Waals surface area (Å²) in [6, 6.07) is 8.53. The Morgan fingerprint density at radius 2 is 2.08 bits per heavy atom. The fraction of sp³-hybridized carbons (Fsp3) is 0.650. The van der Waals surface area contributed by atoms with Gasteiger partial charge in [0, 0.05) is 23.9 Å².